The number of nitrogens with one attached hydrogen (secondary N) is 1. The van der Waals surface area contributed by atoms with Gasteiger partial charge >= 0.3 is 6.09 Å². The highest BCUT2D eigenvalue weighted by Crippen LogP contribution is 2.21. The highest BCUT2D eigenvalue weighted by atomic mass is 19.2. The zero-order valence-electron chi connectivity index (χ0n) is 12.7. The van der Waals surface area contributed by atoms with Crippen molar-refractivity contribution < 1.29 is 28.5 Å². The molecular weight excluding hydrogens is 320 g/mol. The van der Waals surface area contributed by atoms with E-state index >= 15 is 0 Å². The quantitative estimate of drug-likeness (QED) is 0.756. The fourth-order valence-corrected chi connectivity index (χ4v) is 2.03. The largest absolute Gasteiger partial charge is 0.445 e. The first-order chi connectivity index (χ1) is 11.5. The highest BCUT2D eigenvalue weighted by molar-refractivity contribution is 5.67. The van der Waals surface area contributed by atoms with Crippen LogP contribution in [0.1, 0.15) is 17.2 Å². The topological polar surface area (TPSA) is 78.8 Å². The Morgan fingerprint density at radius 2 is 1.79 bits per heavy atom. The Morgan fingerprint density at radius 1 is 1.08 bits per heavy atom. The van der Waals surface area contributed by atoms with Crippen molar-refractivity contribution in [3.63, 3.8) is 0 Å². The number of aliphatic hydroxyl groups excluding tert-OH is 2. The van der Waals surface area contributed by atoms with Gasteiger partial charge in [-0.2, -0.15) is 0 Å². The highest BCUT2D eigenvalue weighted by Gasteiger charge is 2.23. The van der Waals surface area contributed by atoms with Crippen molar-refractivity contribution in [2.24, 2.45) is 0 Å². The molecule has 3 N–H and O–H groups in total. The summed E-state index contributed by atoms with van der Waals surface area (Å²) < 4.78 is 31.6. The van der Waals surface area contributed by atoms with Crippen molar-refractivity contribution in [1.29, 1.82) is 0 Å². The third kappa shape index (κ3) is 4.74. The predicted octanol–water partition coefficient (Wildman–Crippen LogP) is 2.29. The van der Waals surface area contributed by atoms with Crippen LogP contribution in [0.15, 0.2) is 48.5 Å². The van der Waals surface area contributed by atoms with E-state index in [1.807, 2.05) is 6.07 Å². The van der Waals surface area contributed by atoms with Gasteiger partial charge in [0.05, 0.1) is 0 Å². The fourth-order valence-electron chi connectivity index (χ4n) is 2.03. The molecule has 0 heterocycles. The summed E-state index contributed by atoms with van der Waals surface area (Å²) in [6.07, 6.45) is -4.01. The predicted molar refractivity (Wildman–Crippen MR) is 82.0 cm³/mol. The average molecular weight is 337 g/mol. The molecule has 2 aromatic rings. The van der Waals surface area contributed by atoms with Crippen molar-refractivity contribution in [3.8, 4) is 0 Å². The summed E-state index contributed by atoms with van der Waals surface area (Å²) in [5.41, 5.74) is 0.400. The van der Waals surface area contributed by atoms with Crippen LogP contribution in [0.4, 0.5) is 13.6 Å². The van der Waals surface area contributed by atoms with Crippen LogP contribution >= 0.6 is 0 Å². The molecule has 24 heavy (non-hydrogen) atoms. The van der Waals surface area contributed by atoms with Gasteiger partial charge in [-0.05, 0) is 11.6 Å². The van der Waals surface area contributed by atoms with Crippen LogP contribution in [-0.2, 0) is 11.3 Å². The second-order valence-corrected chi connectivity index (χ2v) is 5.10. The summed E-state index contributed by atoms with van der Waals surface area (Å²) in [7, 11) is 0. The molecule has 1 amide bonds. The number of hydrogen-bond donors (Lipinski definition) is 3. The van der Waals surface area contributed by atoms with Gasteiger partial charge in [0, 0.05) is 12.1 Å². The fraction of sp³-hybridized carbons (Fsp3) is 0.235. The van der Waals surface area contributed by atoms with E-state index in [2.05, 4.69) is 5.32 Å². The van der Waals surface area contributed by atoms with Crippen LogP contribution in [0.2, 0.25) is 0 Å². The first kappa shape index (κ1) is 17.8. The Kier molecular flexibility index (Phi) is 6.22. The Labute approximate surface area is 137 Å². The molecule has 0 aliphatic rings. The van der Waals surface area contributed by atoms with E-state index in [1.54, 1.807) is 24.3 Å². The lowest BCUT2D eigenvalue weighted by Gasteiger charge is -2.19. The molecule has 128 valence electrons. The van der Waals surface area contributed by atoms with Crippen molar-refractivity contribution in [2.75, 3.05) is 6.54 Å². The molecule has 0 spiro atoms. The van der Waals surface area contributed by atoms with Crippen LogP contribution in [0.5, 0.6) is 0 Å². The number of aliphatic hydroxyl groups is 2. The molecule has 2 rings (SSSR count). The molecule has 0 aliphatic heterocycles. The summed E-state index contributed by atoms with van der Waals surface area (Å²) in [5.74, 6) is -2.37. The average Bonchev–Trinajstić information content (AvgIpc) is 2.60. The Bertz CT molecular complexity index is 682. The summed E-state index contributed by atoms with van der Waals surface area (Å²) in [6.45, 7) is -0.339. The van der Waals surface area contributed by atoms with Crippen LogP contribution in [0.3, 0.4) is 0 Å². The summed E-state index contributed by atoms with van der Waals surface area (Å²) in [5, 5.41) is 21.9. The number of amides is 1. The lowest BCUT2D eigenvalue weighted by molar-refractivity contribution is 0.0160. The first-order valence-corrected chi connectivity index (χ1v) is 7.23. The van der Waals surface area contributed by atoms with Crippen LogP contribution in [0.25, 0.3) is 0 Å². The van der Waals surface area contributed by atoms with Crippen molar-refractivity contribution in [1.82, 2.24) is 5.32 Å². The van der Waals surface area contributed by atoms with E-state index in [9.17, 15) is 23.8 Å². The SMILES string of the molecule is O=C(NCC(O)C(O)c1cccc(F)c1F)OCc1ccccc1. The summed E-state index contributed by atoms with van der Waals surface area (Å²) in [4.78, 5) is 11.5. The zero-order valence-corrected chi connectivity index (χ0v) is 12.7. The number of rotatable bonds is 6. The van der Waals surface area contributed by atoms with Gasteiger partial charge in [0.15, 0.2) is 11.6 Å². The van der Waals surface area contributed by atoms with Crippen molar-refractivity contribution in [2.45, 2.75) is 18.8 Å². The molecule has 0 saturated heterocycles. The lowest BCUT2D eigenvalue weighted by atomic mass is 10.0. The minimum atomic E-state index is -1.69. The molecule has 0 saturated carbocycles. The molecule has 5 nitrogen and oxygen atoms in total. The second kappa shape index (κ2) is 8.37. The minimum absolute atomic E-state index is 0.0455. The lowest BCUT2D eigenvalue weighted by Crippen LogP contribution is -2.36. The maximum Gasteiger partial charge on any atom is 0.407 e. The molecule has 0 aromatic heterocycles. The van der Waals surface area contributed by atoms with Gasteiger partial charge in [-0.15, -0.1) is 0 Å². The van der Waals surface area contributed by atoms with E-state index < -0.39 is 29.9 Å². The number of benzene rings is 2. The monoisotopic (exact) mass is 337 g/mol. The smallest absolute Gasteiger partial charge is 0.407 e. The van der Waals surface area contributed by atoms with Gasteiger partial charge in [-0.25, -0.2) is 13.6 Å². The van der Waals surface area contributed by atoms with Gasteiger partial charge in [0.1, 0.15) is 18.8 Å². The first-order valence-electron chi connectivity index (χ1n) is 7.23. The van der Waals surface area contributed by atoms with Crippen LogP contribution < -0.4 is 5.32 Å². The third-order valence-corrected chi connectivity index (χ3v) is 3.33. The summed E-state index contributed by atoms with van der Waals surface area (Å²) in [6, 6.07) is 12.2. The normalized spacial score (nSPS) is 13.2. The van der Waals surface area contributed by atoms with Gasteiger partial charge < -0.3 is 20.3 Å². The molecule has 0 radical (unpaired) electrons. The number of alkyl carbamates (subject to hydrolysis) is 1. The Morgan fingerprint density at radius 3 is 2.50 bits per heavy atom. The van der Waals surface area contributed by atoms with Gasteiger partial charge in [0.2, 0.25) is 0 Å². The number of hydrogen-bond acceptors (Lipinski definition) is 4. The molecule has 0 bridgehead atoms. The standard InChI is InChI=1S/C17H17F2NO4/c18-13-8-4-7-12(15(13)19)16(22)14(21)9-20-17(23)24-10-11-5-2-1-3-6-11/h1-8,14,16,21-22H,9-10H2,(H,20,23). The molecule has 0 aliphatic carbocycles. The van der Waals surface area contributed by atoms with Crippen LogP contribution in [0, 0.1) is 11.6 Å². The summed E-state index contributed by atoms with van der Waals surface area (Å²) >= 11 is 0. The van der Waals surface area contributed by atoms with E-state index in [0.717, 1.165) is 17.7 Å². The number of carbonyl (C=O) groups excluding carboxylic acids is 1. The molecule has 2 atom stereocenters. The van der Waals surface area contributed by atoms with Crippen LogP contribution in [-0.4, -0.2) is 29.0 Å². The number of ether oxygens (including phenoxy) is 1. The molecule has 2 unspecified atom stereocenters. The Balaban J connectivity index is 1.82. The van der Waals surface area contributed by atoms with Crippen molar-refractivity contribution >= 4 is 6.09 Å². The molecule has 7 heteroatoms. The minimum Gasteiger partial charge on any atom is -0.445 e. The van der Waals surface area contributed by atoms with E-state index in [-0.39, 0.29) is 18.7 Å². The van der Waals surface area contributed by atoms with Crippen molar-refractivity contribution in [3.05, 3.63) is 71.3 Å². The van der Waals surface area contributed by atoms with Gasteiger partial charge in [0.25, 0.3) is 0 Å². The van der Waals surface area contributed by atoms with E-state index in [0.29, 0.717) is 0 Å². The second-order valence-electron chi connectivity index (χ2n) is 5.10. The number of halogens is 2. The maximum absolute atomic E-state index is 13.6. The molecular formula is C17H17F2NO4. The zero-order chi connectivity index (χ0) is 17.5. The van der Waals surface area contributed by atoms with Gasteiger partial charge in [-0.3, -0.25) is 0 Å². The number of carbonyl (C=O) groups is 1. The molecule has 2 aromatic carbocycles. The Hall–Kier alpha value is -2.51. The maximum atomic E-state index is 13.6. The van der Waals surface area contributed by atoms with E-state index in [4.69, 9.17) is 4.74 Å². The third-order valence-electron chi connectivity index (χ3n) is 3.33. The van der Waals surface area contributed by atoms with Gasteiger partial charge in [-0.1, -0.05) is 42.5 Å². The molecule has 0 fully saturated rings. The van der Waals surface area contributed by atoms with E-state index in [1.165, 1.54) is 6.07 Å².